The van der Waals surface area contributed by atoms with Crippen molar-refractivity contribution in [2.45, 2.75) is 38.9 Å². The summed E-state index contributed by atoms with van der Waals surface area (Å²) in [5, 5.41) is 3.28. The fraction of sp³-hybridized carbons (Fsp3) is 0.348. The molecule has 4 heteroatoms. The summed E-state index contributed by atoms with van der Waals surface area (Å²) in [6.07, 6.45) is 3.24. The van der Waals surface area contributed by atoms with E-state index in [-0.39, 0.29) is 12.6 Å². The van der Waals surface area contributed by atoms with E-state index < -0.39 is 5.60 Å². The van der Waals surface area contributed by atoms with Gasteiger partial charge in [0.25, 0.3) is 0 Å². The Labute approximate surface area is 162 Å². The van der Waals surface area contributed by atoms with Crippen molar-refractivity contribution in [3.63, 3.8) is 0 Å². The molecule has 0 aliphatic carbocycles. The molecule has 4 nitrogen and oxygen atoms in total. The Balaban J connectivity index is 1.97. The van der Waals surface area contributed by atoms with E-state index in [4.69, 9.17) is 9.47 Å². The second-order valence-electron chi connectivity index (χ2n) is 6.64. The van der Waals surface area contributed by atoms with E-state index >= 15 is 0 Å². The maximum Gasteiger partial charge on any atom is 0.350 e. The minimum Gasteiger partial charge on any atom is -0.476 e. The average molecular weight is 367 g/mol. The first kappa shape index (κ1) is 20.7. The van der Waals surface area contributed by atoms with Gasteiger partial charge in [0.2, 0.25) is 5.60 Å². The van der Waals surface area contributed by atoms with Crippen molar-refractivity contribution in [1.29, 1.82) is 0 Å². The summed E-state index contributed by atoms with van der Waals surface area (Å²) in [5.74, 6) is 0.323. The molecule has 0 spiro atoms. The first-order valence-corrected chi connectivity index (χ1v) is 9.38. The third-order valence-electron chi connectivity index (χ3n) is 4.44. The van der Waals surface area contributed by atoms with Gasteiger partial charge in [-0.3, -0.25) is 0 Å². The smallest absolute Gasteiger partial charge is 0.350 e. The highest BCUT2D eigenvalue weighted by molar-refractivity contribution is 5.79. The molecule has 27 heavy (non-hydrogen) atoms. The standard InChI is InChI=1S/C23H29NO3/c1-4-15-24-16-14-19-12-9-13-21(17-19)27-23(3,5-2)22(25)26-18-20-10-7-6-8-11-20/h4,6-13,17,24H,1,5,14-16,18H2,2-3H3. The highest BCUT2D eigenvalue weighted by Crippen LogP contribution is 2.24. The van der Waals surface area contributed by atoms with Crippen molar-refractivity contribution in [2.24, 2.45) is 0 Å². The molecule has 0 aliphatic rings. The van der Waals surface area contributed by atoms with Gasteiger partial charge in [-0.15, -0.1) is 6.58 Å². The molecule has 0 amide bonds. The molecule has 1 unspecified atom stereocenters. The molecular weight excluding hydrogens is 338 g/mol. The Bertz CT molecular complexity index is 729. The van der Waals surface area contributed by atoms with Crippen molar-refractivity contribution in [3.8, 4) is 5.75 Å². The van der Waals surface area contributed by atoms with Gasteiger partial charge in [0.15, 0.2) is 0 Å². The summed E-state index contributed by atoms with van der Waals surface area (Å²) >= 11 is 0. The summed E-state index contributed by atoms with van der Waals surface area (Å²) in [4.78, 5) is 12.6. The molecule has 0 heterocycles. The summed E-state index contributed by atoms with van der Waals surface area (Å²) in [7, 11) is 0. The minimum atomic E-state index is -1.02. The van der Waals surface area contributed by atoms with E-state index in [1.807, 2.05) is 61.5 Å². The minimum absolute atomic E-state index is 0.244. The average Bonchev–Trinajstić information content (AvgIpc) is 2.70. The summed E-state index contributed by atoms with van der Waals surface area (Å²) < 4.78 is 11.6. The van der Waals surface area contributed by atoms with Gasteiger partial charge in [0.05, 0.1) is 0 Å². The zero-order valence-electron chi connectivity index (χ0n) is 16.2. The molecule has 2 aromatic rings. The number of esters is 1. The SMILES string of the molecule is C=CCNCCc1cccc(OC(C)(CC)C(=O)OCc2ccccc2)c1. The number of hydrogen-bond acceptors (Lipinski definition) is 4. The van der Waals surface area contributed by atoms with E-state index in [9.17, 15) is 4.79 Å². The Morgan fingerprint density at radius 3 is 2.59 bits per heavy atom. The van der Waals surface area contributed by atoms with Crippen LogP contribution in [0, 0.1) is 0 Å². The van der Waals surface area contributed by atoms with Crippen LogP contribution in [0.2, 0.25) is 0 Å². The molecule has 0 aromatic heterocycles. The number of hydrogen-bond donors (Lipinski definition) is 1. The van der Waals surface area contributed by atoms with Gasteiger partial charge in [0.1, 0.15) is 12.4 Å². The third kappa shape index (κ3) is 6.57. The zero-order valence-corrected chi connectivity index (χ0v) is 16.2. The Kier molecular flexibility index (Phi) is 8.08. The number of benzene rings is 2. The van der Waals surface area contributed by atoms with Crippen LogP contribution in [0.3, 0.4) is 0 Å². The molecule has 0 fully saturated rings. The van der Waals surface area contributed by atoms with Crippen molar-refractivity contribution < 1.29 is 14.3 Å². The predicted molar refractivity (Wildman–Crippen MR) is 109 cm³/mol. The van der Waals surface area contributed by atoms with Crippen molar-refractivity contribution >= 4 is 5.97 Å². The second-order valence-corrected chi connectivity index (χ2v) is 6.64. The topological polar surface area (TPSA) is 47.6 Å². The fourth-order valence-corrected chi connectivity index (χ4v) is 2.60. The largest absolute Gasteiger partial charge is 0.476 e. The van der Waals surface area contributed by atoms with Gasteiger partial charge in [-0.1, -0.05) is 55.5 Å². The normalized spacial score (nSPS) is 12.8. The van der Waals surface area contributed by atoms with Crippen LogP contribution in [0.5, 0.6) is 5.75 Å². The lowest BCUT2D eigenvalue weighted by Crippen LogP contribution is -2.42. The second kappa shape index (κ2) is 10.5. The Morgan fingerprint density at radius 1 is 1.15 bits per heavy atom. The van der Waals surface area contributed by atoms with Gasteiger partial charge in [0, 0.05) is 6.54 Å². The van der Waals surface area contributed by atoms with Crippen LogP contribution in [0.25, 0.3) is 0 Å². The number of rotatable bonds is 11. The van der Waals surface area contributed by atoms with Crippen LogP contribution in [0.4, 0.5) is 0 Å². The lowest BCUT2D eigenvalue weighted by atomic mass is 10.0. The van der Waals surface area contributed by atoms with E-state index in [1.165, 1.54) is 0 Å². The lowest BCUT2D eigenvalue weighted by molar-refractivity contribution is -0.162. The molecule has 1 atom stereocenters. The first-order valence-electron chi connectivity index (χ1n) is 9.38. The van der Waals surface area contributed by atoms with Crippen LogP contribution in [0.1, 0.15) is 31.4 Å². The molecule has 2 aromatic carbocycles. The van der Waals surface area contributed by atoms with Crippen LogP contribution in [0.15, 0.2) is 67.3 Å². The molecular formula is C23H29NO3. The van der Waals surface area contributed by atoms with Crippen molar-refractivity contribution in [3.05, 3.63) is 78.4 Å². The van der Waals surface area contributed by atoms with E-state index in [1.54, 1.807) is 6.92 Å². The van der Waals surface area contributed by atoms with Gasteiger partial charge in [-0.25, -0.2) is 4.79 Å². The number of carbonyl (C=O) groups excluding carboxylic acids is 1. The quantitative estimate of drug-likeness (QED) is 0.365. The highest BCUT2D eigenvalue weighted by atomic mass is 16.6. The van der Waals surface area contributed by atoms with Crippen LogP contribution in [-0.4, -0.2) is 24.7 Å². The van der Waals surface area contributed by atoms with Crippen LogP contribution >= 0.6 is 0 Å². The summed E-state index contributed by atoms with van der Waals surface area (Å²) in [6.45, 7) is 9.29. The van der Waals surface area contributed by atoms with Crippen LogP contribution < -0.4 is 10.1 Å². The van der Waals surface area contributed by atoms with Gasteiger partial charge >= 0.3 is 5.97 Å². The highest BCUT2D eigenvalue weighted by Gasteiger charge is 2.35. The maximum absolute atomic E-state index is 12.6. The van der Waals surface area contributed by atoms with Gasteiger partial charge in [-0.05, 0) is 49.6 Å². The third-order valence-corrected chi connectivity index (χ3v) is 4.44. The number of nitrogens with one attached hydrogen (secondary N) is 1. The Morgan fingerprint density at radius 2 is 1.89 bits per heavy atom. The van der Waals surface area contributed by atoms with Crippen LogP contribution in [-0.2, 0) is 22.6 Å². The zero-order chi connectivity index (χ0) is 19.5. The molecule has 2 rings (SSSR count). The molecule has 1 N–H and O–H groups in total. The summed E-state index contributed by atoms with van der Waals surface area (Å²) in [6, 6.07) is 17.5. The van der Waals surface area contributed by atoms with Crippen molar-refractivity contribution in [1.82, 2.24) is 5.32 Å². The molecule has 0 bridgehead atoms. The monoisotopic (exact) mass is 367 g/mol. The Hall–Kier alpha value is -2.59. The first-order chi connectivity index (χ1) is 13.1. The van der Waals surface area contributed by atoms with Gasteiger partial charge in [-0.2, -0.15) is 0 Å². The van der Waals surface area contributed by atoms with E-state index in [0.717, 1.165) is 30.6 Å². The molecule has 0 saturated carbocycles. The maximum atomic E-state index is 12.6. The predicted octanol–water partition coefficient (Wildman–Crippen LogP) is 4.30. The van der Waals surface area contributed by atoms with Crippen molar-refractivity contribution in [2.75, 3.05) is 13.1 Å². The fourth-order valence-electron chi connectivity index (χ4n) is 2.60. The van der Waals surface area contributed by atoms with E-state index in [2.05, 4.69) is 18.0 Å². The number of ether oxygens (including phenoxy) is 2. The molecule has 0 radical (unpaired) electrons. The lowest BCUT2D eigenvalue weighted by Gasteiger charge is -2.27. The molecule has 144 valence electrons. The van der Waals surface area contributed by atoms with Gasteiger partial charge < -0.3 is 14.8 Å². The molecule has 0 saturated heterocycles. The summed E-state index contributed by atoms with van der Waals surface area (Å²) in [5.41, 5.74) is 1.09. The number of carbonyl (C=O) groups is 1. The molecule has 0 aliphatic heterocycles. The van der Waals surface area contributed by atoms with E-state index in [0.29, 0.717) is 12.2 Å².